The summed E-state index contributed by atoms with van der Waals surface area (Å²) in [6.07, 6.45) is 1.68. The molecule has 4 heteroatoms. The van der Waals surface area contributed by atoms with Crippen molar-refractivity contribution < 1.29 is 4.74 Å². The quantitative estimate of drug-likeness (QED) is 0.720. The first kappa shape index (κ1) is 8.74. The van der Waals surface area contributed by atoms with E-state index in [1.807, 2.05) is 31.2 Å². The third-order valence-electron chi connectivity index (χ3n) is 1.92. The number of ether oxygens (including phenoxy) is 1. The minimum atomic E-state index is 0.757. The van der Waals surface area contributed by atoms with E-state index in [4.69, 9.17) is 4.74 Å². The van der Waals surface area contributed by atoms with Crippen LogP contribution in [0.2, 0.25) is 0 Å². The first-order valence-electron chi connectivity index (χ1n) is 4.32. The van der Waals surface area contributed by atoms with Crippen LogP contribution in [-0.4, -0.2) is 21.9 Å². The molecule has 0 fully saturated rings. The van der Waals surface area contributed by atoms with Gasteiger partial charge in [-0.15, -0.1) is 0 Å². The fraction of sp³-hybridized carbons (Fsp3) is 0.200. The van der Waals surface area contributed by atoms with Gasteiger partial charge in [0, 0.05) is 6.07 Å². The monoisotopic (exact) mass is 189 g/mol. The van der Waals surface area contributed by atoms with Crippen molar-refractivity contribution in [3.63, 3.8) is 0 Å². The molecule has 0 radical (unpaired) electrons. The molecular weight excluding hydrogens is 178 g/mol. The van der Waals surface area contributed by atoms with Crippen molar-refractivity contribution in [3.8, 4) is 11.4 Å². The second-order valence-corrected chi connectivity index (χ2v) is 2.94. The van der Waals surface area contributed by atoms with Crippen molar-refractivity contribution in [3.05, 3.63) is 36.4 Å². The summed E-state index contributed by atoms with van der Waals surface area (Å²) in [6, 6.07) is 7.68. The van der Waals surface area contributed by atoms with Gasteiger partial charge in [-0.1, -0.05) is 6.07 Å². The highest BCUT2D eigenvalue weighted by atomic mass is 16.5. The Bertz CT molecular complexity index is 436. The second kappa shape index (κ2) is 3.49. The van der Waals surface area contributed by atoms with Gasteiger partial charge in [-0.3, -0.25) is 0 Å². The Morgan fingerprint density at radius 1 is 1.36 bits per heavy atom. The lowest BCUT2D eigenvalue weighted by Gasteiger charge is -2.02. The summed E-state index contributed by atoms with van der Waals surface area (Å²) in [4.78, 5) is 4.06. The molecule has 0 aliphatic carbocycles. The molecule has 0 N–H and O–H groups in total. The average molecular weight is 189 g/mol. The normalized spacial score (nSPS) is 10.1. The Labute approximate surface area is 82.2 Å². The van der Waals surface area contributed by atoms with Gasteiger partial charge in [0.05, 0.1) is 12.8 Å². The Morgan fingerprint density at radius 3 is 2.86 bits per heavy atom. The van der Waals surface area contributed by atoms with Crippen molar-refractivity contribution in [1.29, 1.82) is 0 Å². The van der Waals surface area contributed by atoms with Crippen molar-refractivity contribution in [2.45, 2.75) is 6.92 Å². The summed E-state index contributed by atoms with van der Waals surface area (Å²) in [5, 5.41) is 4.21. The van der Waals surface area contributed by atoms with E-state index in [0.29, 0.717) is 0 Å². The summed E-state index contributed by atoms with van der Waals surface area (Å²) in [5.74, 6) is 1.57. The number of aromatic nitrogens is 3. The first-order chi connectivity index (χ1) is 6.79. The standard InChI is InChI=1S/C10H11N3O/c1-8-11-7-13(12-8)9-4-3-5-10(6-9)14-2/h3-7H,1-2H3. The third kappa shape index (κ3) is 1.59. The van der Waals surface area contributed by atoms with Crippen LogP contribution in [0.5, 0.6) is 5.75 Å². The van der Waals surface area contributed by atoms with Crippen LogP contribution in [0.15, 0.2) is 30.6 Å². The highest BCUT2D eigenvalue weighted by Gasteiger charge is 1.99. The van der Waals surface area contributed by atoms with E-state index in [-0.39, 0.29) is 0 Å². The molecule has 0 atom stereocenters. The maximum Gasteiger partial charge on any atom is 0.147 e. The third-order valence-corrected chi connectivity index (χ3v) is 1.92. The fourth-order valence-electron chi connectivity index (χ4n) is 1.22. The molecule has 72 valence electrons. The van der Waals surface area contributed by atoms with Crippen LogP contribution in [-0.2, 0) is 0 Å². The summed E-state index contributed by atoms with van der Waals surface area (Å²) in [7, 11) is 1.64. The maximum atomic E-state index is 5.12. The lowest BCUT2D eigenvalue weighted by Crippen LogP contribution is -1.95. The minimum absolute atomic E-state index is 0.757. The number of rotatable bonds is 2. The van der Waals surface area contributed by atoms with Gasteiger partial charge >= 0.3 is 0 Å². The van der Waals surface area contributed by atoms with Crippen LogP contribution in [0.4, 0.5) is 0 Å². The average Bonchev–Trinajstić information content (AvgIpc) is 2.65. The van der Waals surface area contributed by atoms with E-state index >= 15 is 0 Å². The Morgan fingerprint density at radius 2 is 2.21 bits per heavy atom. The Kier molecular flexibility index (Phi) is 2.18. The zero-order valence-electron chi connectivity index (χ0n) is 8.14. The van der Waals surface area contributed by atoms with Crippen LogP contribution < -0.4 is 4.74 Å². The molecule has 0 amide bonds. The molecule has 2 aromatic rings. The Balaban J connectivity index is 2.41. The predicted octanol–water partition coefficient (Wildman–Crippen LogP) is 1.58. The van der Waals surface area contributed by atoms with Crippen LogP contribution in [0.3, 0.4) is 0 Å². The summed E-state index contributed by atoms with van der Waals surface area (Å²) < 4.78 is 6.84. The maximum absolute atomic E-state index is 5.12. The first-order valence-corrected chi connectivity index (χ1v) is 4.32. The van der Waals surface area contributed by atoms with E-state index in [1.165, 1.54) is 0 Å². The van der Waals surface area contributed by atoms with E-state index in [1.54, 1.807) is 18.1 Å². The van der Waals surface area contributed by atoms with Gasteiger partial charge in [0.15, 0.2) is 0 Å². The molecule has 0 bridgehead atoms. The molecule has 14 heavy (non-hydrogen) atoms. The van der Waals surface area contributed by atoms with Crippen LogP contribution >= 0.6 is 0 Å². The number of hydrogen-bond donors (Lipinski definition) is 0. The second-order valence-electron chi connectivity index (χ2n) is 2.94. The van der Waals surface area contributed by atoms with E-state index in [0.717, 1.165) is 17.3 Å². The molecule has 1 aromatic carbocycles. The highest BCUT2D eigenvalue weighted by molar-refractivity contribution is 5.38. The van der Waals surface area contributed by atoms with E-state index in [2.05, 4.69) is 10.1 Å². The van der Waals surface area contributed by atoms with Gasteiger partial charge in [-0.25, -0.2) is 9.67 Å². The van der Waals surface area contributed by atoms with E-state index in [9.17, 15) is 0 Å². The van der Waals surface area contributed by atoms with Crippen LogP contribution in [0, 0.1) is 6.92 Å². The molecular formula is C10H11N3O. The number of nitrogens with zero attached hydrogens (tertiary/aromatic N) is 3. The van der Waals surface area contributed by atoms with Gasteiger partial charge in [-0.05, 0) is 19.1 Å². The summed E-state index contributed by atoms with van der Waals surface area (Å²) >= 11 is 0. The molecule has 0 saturated heterocycles. The molecule has 0 aliphatic heterocycles. The van der Waals surface area contributed by atoms with Crippen molar-refractivity contribution >= 4 is 0 Å². The van der Waals surface area contributed by atoms with Crippen LogP contribution in [0.1, 0.15) is 5.82 Å². The highest BCUT2D eigenvalue weighted by Crippen LogP contribution is 2.15. The number of methoxy groups -OCH3 is 1. The van der Waals surface area contributed by atoms with Crippen molar-refractivity contribution in [2.24, 2.45) is 0 Å². The van der Waals surface area contributed by atoms with Crippen molar-refractivity contribution in [2.75, 3.05) is 7.11 Å². The molecule has 0 saturated carbocycles. The SMILES string of the molecule is COc1cccc(-n2cnc(C)n2)c1. The van der Waals surface area contributed by atoms with Gasteiger partial charge in [0.25, 0.3) is 0 Å². The van der Waals surface area contributed by atoms with Gasteiger partial charge < -0.3 is 4.74 Å². The topological polar surface area (TPSA) is 39.9 Å². The lowest BCUT2D eigenvalue weighted by atomic mass is 10.3. The van der Waals surface area contributed by atoms with Gasteiger partial charge in [-0.2, -0.15) is 5.10 Å². The zero-order chi connectivity index (χ0) is 9.97. The number of aryl methyl sites for hydroxylation is 1. The molecule has 2 rings (SSSR count). The zero-order valence-corrected chi connectivity index (χ0v) is 8.14. The largest absolute Gasteiger partial charge is 0.497 e. The van der Waals surface area contributed by atoms with Gasteiger partial charge in [0.2, 0.25) is 0 Å². The van der Waals surface area contributed by atoms with E-state index < -0.39 is 0 Å². The molecule has 1 heterocycles. The van der Waals surface area contributed by atoms with Crippen LogP contribution in [0.25, 0.3) is 5.69 Å². The van der Waals surface area contributed by atoms with Gasteiger partial charge in [0.1, 0.15) is 17.9 Å². The summed E-state index contributed by atoms with van der Waals surface area (Å²) in [6.45, 7) is 1.86. The fourth-order valence-corrected chi connectivity index (χ4v) is 1.22. The molecule has 0 spiro atoms. The number of hydrogen-bond acceptors (Lipinski definition) is 3. The number of benzene rings is 1. The van der Waals surface area contributed by atoms with Crippen molar-refractivity contribution in [1.82, 2.24) is 14.8 Å². The molecule has 1 aromatic heterocycles. The summed E-state index contributed by atoms with van der Waals surface area (Å²) in [5.41, 5.74) is 0.949. The molecule has 4 nitrogen and oxygen atoms in total. The lowest BCUT2D eigenvalue weighted by molar-refractivity contribution is 0.414. The predicted molar refractivity (Wildman–Crippen MR) is 52.6 cm³/mol. The minimum Gasteiger partial charge on any atom is -0.497 e. The molecule has 0 aliphatic rings. The Hall–Kier alpha value is -1.84. The molecule has 0 unspecified atom stereocenters. The smallest absolute Gasteiger partial charge is 0.147 e.